The number of rotatable bonds is 3. The molecule has 2 spiro atoms. The van der Waals surface area contributed by atoms with Crippen LogP contribution in [0.25, 0.3) is 6.08 Å². The van der Waals surface area contributed by atoms with Gasteiger partial charge in [-0.1, -0.05) is 108 Å². The molecule has 4 aromatic carbocycles. The van der Waals surface area contributed by atoms with Crippen LogP contribution in [0, 0.1) is 19.3 Å². The van der Waals surface area contributed by atoms with Gasteiger partial charge in [0.1, 0.15) is 5.54 Å². The lowest BCUT2D eigenvalue weighted by atomic mass is 9.52. The van der Waals surface area contributed by atoms with E-state index < -0.39 is 11.0 Å². The van der Waals surface area contributed by atoms with Crippen LogP contribution in [-0.4, -0.2) is 11.7 Å². The first kappa shape index (κ1) is 25.7. The molecule has 4 unspecified atom stereocenters. The Balaban J connectivity index is 1.51. The van der Waals surface area contributed by atoms with Crippen LogP contribution in [-0.2, 0) is 15.1 Å². The van der Waals surface area contributed by atoms with E-state index in [9.17, 15) is 4.79 Å². The molecule has 7 rings (SSSR count). The highest BCUT2D eigenvalue weighted by Crippen LogP contribution is 2.67. The highest BCUT2D eigenvalue weighted by Gasteiger charge is 2.74. The first-order valence-electron chi connectivity index (χ1n) is 14.6. The molecule has 2 N–H and O–H groups in total. The van der Waals surface area contributed by atoms with E-state index in [0.717, 1.165) is 39.9 Å². The molecule has 204 valence electrons. The third kappa shape index (κ3) is 3.78. The molecule has 0 radical (unpaired) electrons. The molecule has 4 aromatic rings. The van der Waals surface area contributed by atoms with Crippen LogP contribution < -0.4 is 10.6 Å². The van der Waals surface area contributed by atoms with Crippen molar-refractivity contribution in [2.45, 2.75) is 50.6 Å². The maximum Gasteiger partial charge on any atom is 0.250 e. The molecule has 1 aliphatic carbocycles. The second-order valence-electron chi connectivity index (χ2n) is 11.9. The number of carbonyl (C=O) groups excluding carboxylic acids is 2. The Hall–Kier alpha value is -4.28. The number of anilines is 1. The Labute approximate surface area is 241 Å². The minimum absolute atomic E-state index is 0.0766. The Morgan fingerprint density at radius 1 is 0.756 bits per heavy atom. The van der Waals surface area contributed by atoms with Gasteiger partial charge >= 0.3 is 0 Å². The Morgan fingerprint density at radius 2 is 1.41 bits per heavy atom. The average molecular weight is 539 g/mol. The van der Waals surface area contributed by atoms with Crippen molar-refractivity contribution in [1.29, 1.82) is 0 Å². The van der Waals surface area contributed by atoms with E-state index in [1.807, 2.05) is 42.5 Å². The minimum Gasteiger partial charge on any atom is -0.324 e. The molecule has 1 saturated heterocycles. The van der Waals surface area contributed by atoms with Gasteiger partial charge in [-0.3, -0.25) is 14.9 Å². The van der Waals surface area contributed by atoms with Crippen molar-refractivity contribution in [2.24, 2.45) is 5.41 Å². The number of nitrogens with one attached hydrogen (secondary N) is 2. The van der Waals surface area contributed by atoms with Gasteiger partial charge in [0.2, 0.25) is 5.91 Å². The molecule has 0 bridgehead atoms. The van der Waals surface area contributed by atoms with Crippen LogP contribution in [0.15, 0.2) is 109 Å². The maximum atomic E-state index is 15.3. The van der Waals surface area contributed by atoms with Crippen molar-refractivity contribution in [3.05, 3.63) is 142 Å². The number of hydrogen-bond donors (Lipinski definition) is 2. The summed E-state index contributed by atoms with van der Waals surface area (Å²) < 4.78 is 0. The largest absolute Gasteiger partial charge is 0.324 e. The van der Waals surface area contributed by atoms with Gasteiger partial charge in [-0.25, -0.2) is 0 Å². The summed E-state index contributed by atoms with van der Waals surface area (Å²) in [7, 11) is 0. The quantitative estimate of drug-likeness (QED) is 0.267. The molecule has 2 fully saturated rings. The number of para-hydroxylation sites is 1. The molecular formula is C37H34N2O2. The Morgan fingerprint density at radius 3 is 2.15 bits per heavy atom. The second-order valence-corrected chi connectivity index (χ2v) is 11.9. The smallest absolute Gasteiger partial charge is 0.250 e. The fraction of sp³-hybridized carbons (Fsp3) is 0.243. The van der Waals surface area contributed by atoms with Gasteiger partial charge in [-0.15, -0.1) is 0 Å². The fourth-order valence-electron chi connectivity index (χ4n) is 7.72. The normalized spacial score (nSPS) is 27.9. The van der Waals surface area contributed by atoms with Gasteiger partial charge in [0, 0.05) is 23.2 Å². The van der Waals surface area contributed by atoms with E-state index in [1.165, 1.54) is 11.1 Å². The monoisotopic (exact) mass is 538 g/mol. The van der Waals surface area contributed by atoms with Crippen LogP contribution in [0.1, 0.15) is 64.6 Å². The average Bonchev–Trinajstić information content (AvgIpc) is 3.46. The van der Waals surface area contributed by atoms with E-state index in [1.54, 1.807) is 0 Å². The van der Waals surface area contributed by atoms with E-state index in [-0.39, 0.29) is 23.7 Å². The zero-order valence-corrected chi connectivity index (χ0v) is 23.5. The summed E-state index contributed by atoms with van der Waals surface area (Å²) in [5.74, 6) is -0.316. The lowest BCUT2D eigenvalue weighted by Crippen LogP contribution is -2.59. The number of ketones is 1. The topological polar surface area (TPSA) is 58.2 Å². The SMILES string of the molecule is Cc1ccc(/C=C2\CCCC3(C2=O)C(c2ccc(C)cc2)C(c2ccccc2)NC32C(=O)Nc3ccccc32)cc1. The number of aryl methyl sites for hydroxylation is 2. The van der Waals surface area contributed by atoms with Crippen LogP contribution >= 0.6 is 0 Å². The first-order chi connectivity index (χ1) is 19.9. The molecule has 41 heavy (non-hydrogen) atoms. The second kappa shape index (κ2) is 9.67. The molecule has 2 heterocycles. The summed E-state index contributed by atoms with van der Waals surface area (Å²) >= 11 is 0. The van der Waals surface area contributed by atoms with Crippen molar-refractivity contribution in [3.63, 3.8) is 0 Å². The van der Waals surface area contributed by atoms with Gasteiger partial charge in [0.15, 0.2) is 5.78 Å². The van der Waals surface area contributed by atoms with Crippen LogP contribution in [0.2, 0.25) is 0 Å². The van der Waals surface area contributed by atoms with Gasteiger partial charge in [0.05, 0.1) is 5.41 Å². The van der Waals surface area contributed by atoms with E-state index in [0.29, 0.717) is 12.8 Å². The number of amides is 1. The highest BCUT2D eigenvalue weighted by molar-refractivity contribution is 6.15. The van der Waals surface area contributed by atoms with Crippen molar-refractivity contribution < 1.29 is 9.59 Å². The Bertz CT molecular complexity index is 1670. The first-order valence-corrected chi connectivity index (χ1v) is 14.6. The lowest BCUT2D eigenvalue weighted by Gasteiger charge is -2.47. The Kier molecular flexibility index (Phi) is 6.06. The maximum absolute atomic E-state index is 15.3. The summed E-state index contributed by atoms with van der Waals surface area (Å²) in [6.07, 6.45) is 4.20. The molecule has 1 saturated carbocycles. The molecule has 4 atom stereocenters. The summed E-state index contributed by atoms with van der Waals surface area (Å²) in [4.78, 5) is 29.7. The number of fused-ring (bicyclic) bond motifs is 3. The van der Waals surface area contributed by atoms with E-state index in [2.05, 4.69) is 91.2 Å². The lowest BCUT2D eigenvalue weighted by molar-refractivity contribution is -0.140. The molecule has 3 aliphatic rings. The summed E-state index contributed by atoms with van der Waals surface area (Å²) in [6, 6.07) is 34.8. The summed E-state index contributed by atoms with van der Waals surface area (Å²) in [6.45, 7) is 4.15. The number of benzene rings is 4. The highest BCUT2D eigenvalue weighted by atomic mass is 16.2. The third-order valence-electron chi connectivity index (χ3n) is 9.55. The van der Waals surface area contributed by atoms with Crippen LogP contribution in [0.3, 0.4) is 0 Å². The third-order valence-corrected chi connectivity index (χ3v) is 9.55. The van der Waals surface area contributed by atoms with E-state index >= 15 is 4.79 Å². The molecular weight excluding hydrogens is 504 g/mol. The standard InChI is InChI=1S/C37H34N2O2/c1-24-14-18-26(19-15-24)23-29-11-8-22-36(34(29)40)32(27-20-16-25(2)17-21-27)33(28-9-4-3-5-10-28)39-37(36)30-12-6-7-13-31(30)38-35(37)41/h3-7,9-10,12-21,23,32-33,39H,8,11,22H2,1-2H3,(H,38,41)/b29-23+. The van der Waals surface area contributed by atoms with Crippen molar-refractivity contribution >= 4 is 23.5 Å². The minimum atomic E-state index is -1.20. The van der Waals surface area contributed by atoms with Crippen molar-refractivity contribution in [1.82, 2.24) is 5.32 Å². The number of carbonyl (C=O) groups is 2. The molecule has 1 amide bonds. The predicted molar refractivity (Wildman–Crippen MR) is 163 cm³/mol. The van der Waals surface area contributed by atoms with Crippen molar-refractivity contribution in [3.8, 4) is 0 Å². The van der Waals surface area contributed by atoms with Crippen molar-refractivity contribution in [2.75, 3.05) is 5.32 Å². The van der Waals surface area contributed by atoms with Gasteiger partial charge in [0.25, 0.3) is 0 Å². The molecule has 4 nitrogen and oxygen atoms in total. The van der Waals surface area contributed by atoms with Gasteiger partial charge in [-0.05, 0) is 67.5 Å². The van der Waals surface area contributed by atoms with Gasteiger partial charge < -0.3 is 5.32 Å². The number of Topliss-reactive ketones (excluding diaryl/α,β-unsaturated/α-hetero) is 1. The fourth-order valence-corrected chi connectivity index (χ4v) is 7.72. The number of hydrogen-bond acceptors (Lipinski definition) is 3. The zero-order valence-electron chi connectivity index (χ0n) is 23.5. The molecule has 2 aliphatic heterocycles. The summed E-state index contributed by atoms with van der Waals surface area (Å²) in [5.41, 5.74) is 5.74. The van der Waals surface area contributed by atoms with Crippen LogP contribution in [0.5, 0.6) is 0 Å². The summed E-state index contributed by atoms with van der Waals surface area (Å²) in [5, 5.41) is 7.05. The van der Waals surface area contributed by atoms with Gasteiger partial charge in [-0.2, -0.15) is 0 Å². The molecule has 0 aromatic heterocycles. The van der Waals surface area contributed by atoms with Crippen LogP contribution in [0.4, 0.5) is 5.69 Å². The predicted octanol–water partition coefficient (Wildman–Crippen LogP) is 7.40. The zero-order chi connectivity index (χ0) is 28.2. The number of allylic oxidation sites excluding steroid dienone is 1. The molecule has 4 heteroatoms. The van der Waals surface area contributed by atoms with E-state index in [4.69, 9.17) is 0 Å².